The van der Waals surface area contributed by atoms with Crippen LogP contribution in [0.4, 0.5) is 10.2 Å². The van der Waals surface area contributed by atoms with Crippen LogP contribution in [0.1, 0.15) is 12.0 Å². The van der Waals surface area contributed by atoms with Crippen LogP contribution in [0.3, 0.4) is 0 Å². The van der Waals surface area contributed by atoms with Gasteiger partial charge in [-0.3, -0.25) is 4.98 Å². The first-order chi connectivity index (χ1) is 13.9. The van der Waals surface area contributed by atoms with Gasteiger partial charge in [-0.05, 0) is 42.7 Å². The van der Waals surface area contributed by atoms with Gasteiger partial charge in [0.05, 0.1) is 29.1 Å². The summed E-state index contributed by atoms with van der Waals surface area (Å²) in [4.78, 5) is 8.68. The number of rotatable bonds is 4. The highest BCUT2D eigenvalue weighted by Gasteiger charge is 2.27. The molecule has 0 amide bonds. The first kappa shape index (κ1) is 19.6. The Morgan fingerprint density at radius 2 is 2.00 bits per heavy atom. The number of aromatic nitrogens is 2. The predicted octanol–water partition coefficient (Wildman–Crippen LogP) is 2.93. The van der Waals surface area contributed by atoms with Gasteiger partial charge in [-0.2, -0.15) is 0 Å². The lowest BCUT2D eigenvalue weighted by atomic mass is 10.0. The maximum Gasteiger partial charge on any atom is 0.141 e. The van der Waals surface area contributed by atoms with Crippen molar-refractivity contribution in [3.63, 3.8) is 0 Å². The quantitative estimate of drug-likeness (QED) is 0.687. The lowest BCUT2D eigenvalue weighted by Crippen LogP contribution is -2.25. The Morgan fingerprint density at radius 1 is 1.17 bits per heavy atom. The van der Waals surface area contributed by atoms with Crippen molar-refractivity contribution in [2.45, 2.75) is 24.3 Å². The molecule has 1 aliphatic heterocycles. The number of benzene rings is 2. The molecule has 0 radical (unpaired) electrons. The van der Waals surface area contributed by atoms with Crippen LogP contribution in [0.2, 0.25) is 0 Å². The summed E-state index contributed by atoms with van der Waals surface area (Å²) in [5, 5.41) is 9.77. The van der Waals surface area contributed by atoms with Crippen molar-refractivity contribution in [2.75, 3.05) is 18.8 Å². The molecule has 0 aliphatic carbocycles. The molecule has 1 saturated heterocycles. The van der Waals surface area contributed by atoms with Crippen LogP contribution in [-0.4, -0.2) is 42.8 Å². The Bertz CT molecular complexity index is 1070. The zero-order valence-corrected chi connectivity index (χ0v) is 16.7. The molecule has 4 rings (SSSR count). The number of β-amino-alcohol motifs (C(OH)–C–C–N with tert-alkyl or cyclic N) is 1. The molecule has 2 heterocycles. The molecule has 0 saturated carbocycles. The van der Waals surface area contributed by atoms with Gasteiger partial charge in [-0.15, -0.1) is 0 Å². The average Bonchev–Trinajstić information content (AvgIpc) is 3.14. The van der Waals surface area contributed by atoms with E-state index in [2.05, 4.69) is 9.97 Å². The van der Waals surface area contributed by atoms with Crippen LogP contribution in [0.5, 0.6) is 0 Å². The Morgan fingerprint density at radius 3 is 2.66 bits per heavy atom. The molecule has 1 fully saturated rings. The zero-order chi connectivity index (χ0) is 20.5. The van der Waals surface area contributed by atoms with E-state index in [9.17, 15) is 13.7 Å². The van der Waals surface area contributed by atoms with Gasteiger partial charge < -0.3 is 10.8 Å². The van der Waals surface area contributed by atoms with E-state index in [1.54, 1.807) is 16.4 Å². The topological polar surface area (TPSA) is 92.3 Å². The van der Waals surface area contributed by atoms with Crippen LogP contribution >= 0.6 is 0 Å². The molecule has 150 valence electrons. The minimum Gasteiger partial charge on any atom is -0.392 e. The summed E-state index contributed by atoms with van der Waals surface area (Å²) in [5.74, 6) is -0.180. The maximum absolute atomic E-state index is 14.9. The monoisotopic (exact) mass is 412 g/mol. The smallest absolute Gasteiger partial charge is 0.141 e. The van der Waals surface area contributed by atoms with Crippen molar-refractivity contribution in [3.05, 3.63) is 60.2 Å². The number of nitrogens with zero attached hydrogens (tertiary/aromatic N) is 3. The van der Waals surface area contributed by atoms with E-state index in [0.717, 1.165) is 5.56 Å². The number of hydrogen-bond acceptors (Lipinski definition) is 5. The molecule has 6 nitrogen and oxygen atoms in total. The van der Waals surface area contributed by atoms with Crippen molar-refractivity contribution in [2.24, 2.45) is 0 Å². The second-order valence-electron chi connectivity index (χ2n) is 7.10. The first-order valence-electron chi connectivity index (χ1n) is 9.26. The number of nitrogens with two attached hydrogens (primary N) is 1. The third kappa shape index (κ3) is 4.05. The molecule has 2 aromatic carbocycles. The van der Waals surface area contributed by atoms with Gasteiger partial charge in [0.2, 0.25) is 0 Å². The van der Waals surface area contributed by atoms with E-state index in [1.165, 1.54) is 18.5 Å². The maximum atomic E-state index is 14.9. The second-order valence-corrected chi connectivity index (χ2v) is 8.55. The van der Waals surface area contributed by atoms with Gasteiger partial charge in [0.1, 0.15) is 22.6 Å². The summed E-state index contributed by atoms with van der Waals surface area (Å²) in [6, 6.07) is 10.4. The Kier molecular flexibility index (Phi) is 5.40. The molecule has 3 N–H and O–H groups in total. The molecule has 0 bridgehead atoms. The number of aliphatic hydroxyl groups excluding tert-OH is 1. The zero-order valence-electron chi connectivity index (χ0n) is 15.9. The highest BCUT2D eigenvalue weighted by molar-refractivity contribution is 7.82. The van der Waals surface area contributed by atoms with Crippen LogP contribution in [0.15, 0.2) is 53.7 Å². The molecular formula is C21H21FN4O2S. The largest absolute Gasteiger partial charge is 0.392 e. The van der Waals surface area contributed by atoms with Crippen molar-refractivity contribution in [3.8, 4) is 22.4 Å². The summed E-state index contributed by atoms with van der Waals surface area (Å²) in [6.45, 7) is 2.86. The highest BCUT2D eigenvalue weighted by atomic mass is 32.2. The van der Waals surface area contributed by atoms with Gasteiger partial charge in [-0.1, -0.05) is 23.8 Å². The minimum absolute atomic E-state index is 0.268. The molecule has 29 heavy (non-hydrogen) atoms. The second kappa shape index (κ2) is 7.98. The van der Waals surface area contributed by atoms with Crippen LogP contribution < -0.4 is 5.73 Å². The fraction of sp³-hybridized carbons (Fsp3) is 0.238. The highest BCUT2D eigenvalue weighted by Crippen LogP contribution is 2.32. The van der Waals surface area contributed by atoms with Crippen LogP contribution in [-0.2, 0) is 11.0 Å². The van der Waals surface area contributed by atoms with E-state index >= 15 is 0 Å². The Balaban J connectivity index is 1.73. The molecule has 8 heteroatoms. The van der Waals surface area contributed by atoms with E-state index in [0.29, 0.717) is 46.8 Å². The fourth-order valence-electron chi connectivity index (χ4n) is 3.39. The third-order valence-electron chi connectivity index (χ3n) is 4.91. The van der Waals surface area contributed by atoms with Crippen molar-refractivity contribution < 1.29 is 13.7 Å². The van der Waals surface area contributed by atoms with E-state index in [1.807, 2.05) is 25.1 Å². The van der Waals surface area contributed by atoms with Gasteiger partial charge in [0.15, 0.2) is 0 Å². The fourth-order valence-corrected chi connectivity index (χ4v) is 4.80. The summed E-state index contributed by atoms with van der Waals surface area (Å²) in [5.41, 5.74) is 8.57. The lowest BCUT2D eigenvalue weighted by molar-refractivity contribution is 0.190. The Hall–Kier alpha value is -2.68. The number of nitrogen functional groups attached to an aromatic ring is 1. The normalized spacial score (nSPS) is 18.1. The molecule has 2 unspecified atom stereocenters. The molecular weight excluding hydrogens is 391 g/mol. The molecule has 3 aromatic rings. The average molecular weight is 412 g/mol. The standard InChI is InChI=1S/C21H21FN4O2S/c1-13-2-5-20(29(28)26-7-6-15(27)12-26)17(8-13)14-3-4-16(18(22)9-14)19-10-25-21(23)11-24-19/h2-5,8-11,15,27H,6-7,12H2,1H3,(H2,23,25). The van der Waals surface area contributed by atoms with Gasteiger partial charge >= 0.3 is 0 Å². The summed E-state index contributed by atoms with van der Waals surface area (Å²) >= 11 is 0. The number of aryl methyl sites for hydroxylation is 1. The summed E-state index contributed by atoms with van der Waals surface area (Å²) < 4.78 is 29.7. The summed E-state index contributed by atoms with van der Waals surface area (Å²) in [6.07, 6.45) is 2.94. The Labute approximate surface area is 170 Å². The molecule has 2 atom stereocenters. The van der Waals surface area contributed by atoms with Crippen molar-refractivity contribution in [1.29, 1.82) is 0 Å². The first-order valence-corrected chi connectivity index (χ1v) is 10.4. The van der Waals surface area contributed by atoms with Crippen LogP contribution in [0.25, 0.3) is 22.4 Å². The molecule has 1 aromatic heterocycles. The number of aliphatic hydroxyl groups is 1. The number of anilines is 1. The molecule has 0 spiro atoms. The summed E-state index contributed by atoms with van der Waals surface area (Å²) in [7, 11) is -1.44. The predicted molar refractivity (Wildman–Crippen MR) is 111 cm³/mol. The van der Waals surface area contributed by atoms with Crippen molar-refractivity contribution in [1.82, 2.24) is 14.3 Å². The SMILES string of the molecule is Cc1ccc(S(=O)N2CCC(O)C2)c(-c2ccc(-c3cnc(N)cn3)c(F)c2)c1. The van der Waals surface area contributed by atoms with Gasteiger partial charge in [0, 0.05) is 18.7 Å². The van der Waals surface area contributed by atoms with Gasteiger partial charge in [-0.25, -0.2) is 17.9 Å². The number of halogens is 1. The third-order valence-corrected chi connectivity index (χ3v) is 6.44. The molecule has 1 aliphatic rings. The number of hydrogen-bond donors (Lipinski definition) is 2. The van der Waals surface area contributed by atoms with Gasteiger partial charge in [0.25, 0.3) is 0 Å². The van der Waals surface area contributed by atoms with E-state index < -0.39 is 22.9 Å². The minimum atomic E-state index is -1.44. The van der Waals surface area contributed by atoms with Crippen LogP contribution in [0, 0.1) is 12.7 Å². The lowest BCUT2D eigenvalue weighted by Gasteiger charge is -2.18. The van der Waals surface area contributed by atoms with Crippen molar-refractivity contribution >= 4 is 16.8 Å². The van der Waals surface area contributed by atoms with E-state index in [-0.39, 0.29) is 5.82 Å². The van der Waals surface area contributed by atoms with E-state index in [4.69, 9.17) is 5.73 Å².